The minimum Gasteiger partial charge on any atom is -0.466 e. The van der Waals surface area contributed by atoms with Crippen LogP contribution in [0.3, 0.4) is 0 Å². The Morgan fingerprint density at radius 1 is 1.14 bits per heavy atom. The second-order valence-corrected chi connectivity index (χ2v) is 8.12. The van der Waals surface area contributed by atoms with Crippen LogP contribution in [0.15, 0.2) is 30.3 Å². The fourth-order valence-electron chi connectivity index (χ4n) is 4.33. The molecule has 2 fully saturated rings. The van der Waals surface area contributed by atoms with E-state index in [0.717, 1.165) is 19.3 Å². The summed E-state index contributed by atoms with van der Waals surface area (Å²) >= 11 is 0. The topological polar surface area (TPSA) is 89.7 Å². The number of ether oxygens (including phenoxy) is 1. The number of hydrogen-bond donors (Lipinski definition) is 1. The Morgan fingerprint density at radius 3 is 2.46 bits per heavy atom. The van der Waals surface area contributed by atoms with Crippen LogP contribution in [0.5, 0.6) is 0 Å². The molecule has 2 amide bonds. The predicted molar refractivity (Wildman–Crippen MR) is 105 cm³/mol. The molecule has 6 heteroatoms. The second kappa shape index (κ2) is 8.33. The Hall–Kier alpha value is -2.37. The van der Waals surface area contributed by atoms with Gasteiger partial charge in [-0.25, -0.2) is 0 Å². The van der Waals surface area contributed by atoms with Crippen molar-refractivity contribution in [2.75, 3.05) is 19.7 Å². The van der Waals surface area contributed by atoms with E-state index < -0.39 is 16.7 Å². The van der Waals surface area contributed by atoms with E-state index in [-0.39, 0.29) is 11.9 Å². The Kier molecular flexibility index (Phi) is 6.06. The highest BCUT2D eigenvalue weighted by Crippen LogP contribution is 2.48. The van der Waals surface area contributed by atoms with E-state index >= 15 is 0 Å². The van der Waals surface area contributed by atoms with Gasteiger partial charge >= 0.3 is 5.97 Å². The molecule has 2 N–H and O–H groups in total. The quantitative estimate of drug-likeness (QED) is 0.549. The molecular weight excluding hydrogens is 356 g/mol. The van der Waals surface area contributed by atoms with Crippen molar-refractivity contribution < 1.29 is 19.1 Å². The number of aryl methyl sites for hydroxylation is 1. The molecule has 2 aliphatic rings. The highest BCUT2D eigenvalue weighted by molar-refractivity contribution is 6.07. The second-order valence-electron chi connectivity index (χ2n) is 8.12. The zero-order valence-corrected chi connectivity index (χ0v) is 16.6. The molecule has 1 aliphatic carbocycles. The van der Waals surface area contributed by atoms with Crippen molar-refractivity contribution >= 4 is 17.8 Å². The first-order chi connectivity index (χ1) is 13.4. The van der Waals surface area contributed by atoms with Crippen LogP contribution in [0.4, 0.5) is 0 Å². The molecule has 1 unspecified atom stereocenters. The largest absolute Gasteiger partial charge is 0.466 e. The molecule has 1 aliphatic heterocycles. The molecule has 6 nitrogen and oxygen atoms in total. The van der Waals surface area contributed by atoms with Gasteiger partial charge in [-0.2, -0.15) is 0 Å². The first-order valence-corrected chi connectivity index (χ1v) is 10.2. The summed E-state index contributed by atoms with van der Waals surface area (Å²) in [5, 5.41) is 0. The number of amides is 2. The summed E-state index contributed by atoms with van der Waals surface area (Å²) in [5.41, 5.74) is 4.97. The van der Waals surface area contributed by atoms with E-state index in [1.165, 1.54) is 5.56 Å². The Labute approximate surface area is 166 Å². The average Bonchev–Trinajstić information content (AvgIpc) is 3.51. The molecule has 1 aromatic carbocycles. The van der Waals surface area contributed by atoms with Crippen LogP contribution >= 0.6 is 0 Å². The SMILES string of the molecule is CCOC(=O)C1(CCCc2ccccc2)CCCN(C(=O)C2(C(N)=O)CC2)C1. The Bertz CT molecular complexity index is 729. The van der Waals surface area contributed by atoms with Crippen molar-refractivity contribution in [3.8, 4) is 0 Å². The lowest BCUT2D eigenvalue weighted by Crippen LogP contribution is -2.54. The number of rotatable bonds is 8. The summed E-state index contributed by atoms with van der Waals surface area (Å²) in [5.74, 6) is -0.991. The maximum absolute atomic E-state index is 13.0. The zero-order chi connectivity index (χ0) is 20.2. The predicted octanol–water partition coefficient (Wildman–Crippen LogP) is 2.45. The number of likely N-dealkylation sites (tertiary alicyclic amines) is 1. The third-order valence-electron chi connectivity index (χ3n) is 6.17. The molecule has 0 radical (unpaired) electrons. The summed E-state index contributed by atoms with van der Waals surface area (Å²) in [4.78, 5) is 39.3. The minimum absolute atomic E-state index is 0.212. The monoisotopic (exact) mass is 386 g/mol. The van der Waals surface area contributed by atoms with E-state index in [4.69, 9.17) is 10.5 Å². The van der Waals surface area contributed by atoms with Crippen LogP contribution in [-0.2, 0) is 25.5 Å². The van der Waals surface area contributed by atoms with Gasteiger partial charge in [0.1, 0.15) is 5.41 Å². The fraction of sp³-hybridized carbons (Fsp3) is 0.591. The third-order valence-corrected chi connectivity index (χ3v) is 6.17. The first-order valence-electron chi connectivity index (χ1n) is 10.2. The first kappa shape index (κ1) is 20.4. The fourth-order valence-corrected chi connectivity index (χ4v) is 4.33. The van der Waals surface area contributed by atoms with Crippen molar-refractivity contribution in [3.63, 3.8) is 0 Å². The van der Waals surface area contributed by atoms with Crippen LogP contribution in [0.1, 0.15) is 51.0 Å². The molecule has 1 saturated carbocycles. The maximum atomic E-state index is 13.0. The van der Waals surface area contributed by atoms with Gasteiger partial charge in [0.05, 0.1) is 12.0 Å². The van der Waals surface area contributed by atoms with Crippen LogP contribution in [0, 0.1) is 10.8 Å². The molecule has 1 heterocycles. The number of nitrogens with zero attached hydrogens (tertiary/aromatic N) is 1. The molecule has 152 valence electrons. The zero-order valence-electron chi connectivity index (χ0n) is 16.6. The van der Waals surface area contributed by atoms with Crippen LogP contribution < -0.4 is 5.73 Å². The number of esters is 1. The van der Waals surface area contributed by atoms with Gasteiger partial charge in [-0.15, -0.1) is 0 Å². The molecule has 1 saturated heterocycles. The summed E-state index contributed by atoms with van der Waals surface area (Å²) in [6.07, 6.45) is 4.83. The van der Waals surface area contributed by atoms with Gasteiger partial charge in [0.15, 0.2) is 0 Å². The van der Waals surface area contributed by atoms with Crippen molar-refractivity contribution in [2.45, 2.75) is 51.9 Å². The van der Waals surface area contributed by atoms with Crippen molar-refractivity contribution in [2.24, 2.45) is 16.6 Å². The Balaban J connectivity index is 1.72. The van der Waals surface area contributed by atoms with Gasteiger partial charge in [-0.3, -0.25) is 14.4 Å². The molecule has 0 spiro atoms. The number of hydrogen-bond acceptors (Lipinski definition) is 4. The number of carbonyl (C=O) groups excluding carboxylic acids is 3. The molecule has 0 aromatic heterocycles. The van der Waals surface area contributed by atoms with Gasteiger partial charge in [0, 0.05) is 13.1 Å². The van der Waals surface area contributed by atoms with Crippen LogP contribution in [0.25, 0.3) is 0 Å². The Morgan fingerprint density at radius 2 is 1.86 bits per heavy atom. The number of primary amides is 1. The number of piperidine rings is 1. The van der Waals surface area contributed by atoms with E-state index in [2.05, 4.69) is 12.1 Å². The molecular formula is C22H30N2O4. The summed E-state index contributed by atoms with van der Waals surface area (Å²) in [7, 11) is 0. The van der Waals surface area contributed by atoms with E-state index in [0.29, 0.717) is 45.4 Å². The van der Waals surface area contributed by atoms with Gasteiger partial charge in [-0.1, -0.05) is 30.3 Å². The lowest BCUT2D eigenvalue weighted by atomic mass is 9.75. The number of carbonyl (C=O) groups is 3. The standard InChI is InChI=1S/C22H30N2O4/c1-2-28-20(27)21(11-6-10-17-8-4-3-5-9-17)12-7-15-24(16-21)19(26)22(13-14-22)18(23)25/h3-5,8-9H,2,6-7,10-16H2,1H3,(H2,23,25). The van der Waals surface area contributed by atoms with Gasteiger partial charge in [-0.05, 0) is 57.4 Å². The average molecular weight is 386 g/mol. The third kappa shape index (κ3) is 4.05. The summed E-state index contributed by atoms with van der Waals surface area (Å²) in [6.45, 7) is 2.99. The molecule has 28 heavy (non-hydrogen) atoms. The van der Waals surface area contributed by atoms with Gasteiger partial charge in [0.25, 0.3) is 0 Å². The molecule has 1 aromatic rings. The normalized spacial score (nSPS) is 23.1. The van der Waals surface area contributed by atoms with Crippen molar-refractivity contribution in [1.29, 1.82) is 0 Å². The molecule has 3 rings (SSSR count). The summed E-state index contributed by atoms with van der Waals surface area (Å²) in [6, 6.07) is 10.2. The number of benzene rings is 1. The van der Waals surface area contributed by atoms with Crippen molar-refractivity contribution in [3.05, 3.63) is 35.9 Å². The lowest BCUT2D eigenvalue weighted by Gasteiger charge is -2.42. The smallest absolute Gasteiger partial charge is 0.313 e. The van der Waals surface area contributed by atoms with Crippen molar-refractivity contribution in [1.82, 2.24) is 4.90 Å². The van der Waals surface area contributed by atoms with Gasteiger partial charge in [0.2, 0.25) is 11.8 Å². The molecule has 0 bridgehead atoms. The van der Waals surface area contributed by atoms with Gasteiger partial charge < -0.3 is 15.4 Å². The van der Waals surface area contributed by atoms with Crippen LogP contribution in [-0.4, -0.2) is 42.4 Å². The highest BCUT2D eigenvalue weighted by Gasteiger charge is 2.58. The maximum Gasteiger partial charge on any atom is 0.313 e. The summed E-state index contributed by atoms with van der Waals surface area (Å²) < 4.78 is 5.40. The molecule has 1 atom stereocenters. The van der Waals surface area contributed by atoms with E-state index in [1.54, 1.807) is 11.8 Å². The van der Waals surface area contributed by atoms with E-state index in [1.807, 2.05) is 18.2 Å². The highest BCUT2D eigenvalue weighted by atomic mass is 16.5. The minimum atomic E-state index is -1.04. The number of nitrogens with two attached hydrogens (primary N) is 1. The van der Waals surface area contributed by atoms with E-state index in [9.17, 15) is 14.4 Å². The van der Waals surface area contributed by atoms with Crippen LogP contribution in [0.2, 0.25) is 0 Å². The lowest BCUT2D eigenvalue weighted by molar-refractivity contribution is -0.162.